The minimum Gasteiger partial charge on any atom is -0.377 e. The van der Waals surface area contributed by atoms with Crippen molar-refractivity contribution in [1.82, 2.24) is 9.55 Å². The lowest BCUT2D eigenvalue weighted by atomic mass is 10.1. The number of nitro groups is 1. The fourth-order valence-corrected chi connectivity index (χ4v) is 3.03. The maximum Gasteiger partial charge on any atom is 0.270 e. The largest absolute Gasteiger partial charge is 0.377 e. The summed E-state index contributed by atoms with van der Waals surface area (Å²) in [4.78, 5) is 15.0. The lowest BCUT2D eigenvalue weighted by Gasteiger charge is -2.10. The number of non-ortho nitro benzene ring substituents is 1. The number of para-hydroxylation sites is 2. The van der Waals surface area contributed by atoms with Crippen LogP contribution in [0.2, 0.25) is 0 Å². The van der Waals surface area contributed by atoms with E-state index in [1.165, 1.54) is 12.1 Å². The molecule has 1 aliphatic rings. The predicted octanol–water partition coefficient (Wildman–Crippen LogP) is 3.76. The molecule has 0 atom stereocenters. The molecule has 1 heterocycles. The number of imidazole rings is 1. The van der Waals surface area contributed by atoms with Crippen LogP contribution in [-0.2, 0) is 6.54 Å². The molecule has 0 amide bonds. The van der Waals surface area contributed by atoms with Crippen molar-refractivity contribution in [3.63, 3.8) is 0 Å². The predicted molar refractivity (Wildman–Crippen MR) is 93.1 cm³/mol. The van der Waals surface area contributed by atoms with Crippen molar-refractivity contribution in [2.45, 2.75) is 25.4 Å². The standard InChI is InChI=1S/C18H15N5O2/c19-10-12-9-14(23(24)25)7-8-15(12)20-11-18-21-16-3-1-2-4-17(16)22(18)13-5-6-13/h1-4,7-9,13,20H,5-6,11H2. The number of nitrogens with one attached hydrogen (secondary N) is 1. The van der Waals surface area contributed by atoms with Gasteiger partial charge in [-0.1, -0.05) is 12.1 Å². The van der Waals surface area contributed by atoms with Crippen molar-refractivity contribution in [3.8, 4) is 6.07 Å². The molecule has 0 radical (unpaired) electrons. The Balaban J connectivity index is 1.64. The first-order valence-corrected chi connectivity index (χ1v) is 8.05. The van der Waals surface area contributed by atoms with Crippen LogP contribution in [0.25, 0.3) is 11.0 Å². The first-order chi connectivity index (χ1) is 12.2. The maximum absolute atomic E-state index is 10.8. The van der Waals surface area contributed by atoms with E-state index in [0.29, 0.717) is 18.3 Å². The van der Waals surface area contributed by atoms with Crippen molar-refractivity contribution >= 4 is 22.4 Å². The van der Waals surface area contributed by atoms with E-state index < -0.39 is 4.92 Å². The van der Waals surface area contributed by atoms with E-state index in [0.717, 1.165) is 29.7 Å². The van der Waals surface area contributed by atoms with Crippen molar-refractivity contribution in [1.29, 1.82) is 5.26 Å². The molecule has 7 nitrogen and oxygen atoms in total. The molecule has 7 heteroatoms. The van der Waals surface area contributed by atoms with E-state index in [1.807, 2.05) is 24.3 Å². The number of nitriles is 1. The Morgan fingerprint density at radius 1 is 1.32 bits per heavy atom. The van der Waals surface area contributed by atoms with Gasteiger partial charge in [0.15, 0.2) is 0 Å². The first-order valence-electron chi connectivity index (χ1n) is 8.05. The van der Waals surface area contributed by atoms with Crippen LogP contribution in [0.5, 0.6) is 0 Å². The zero-order chi connectivity index (χ0) is 17.4. The van der Waals surface area contributed by atoms with Gasteiger partial charge in [-0.2, -0.15) is 5.26 Å². The zero-order valence-corrected chi connectivity index (χ0v) is 13.3. The normalized spacial score (nSPS) is 13.6. The molecule has 0 spiro atoms. The fraction of sp³-hybridized carbons (Fsp3) is 0.222. The van der Waals surface area contributed by atoms with Crippen LogP contribution < -0.4 is 5.32 Å². The second-order valence-corrected chi connectivity index (χ2v) is 6.07. The number of hydrogen-bond acceptors (Lipinski definition) is 5. The van der Waals surface area contributed by atoms with Gasteiger partial charge in [-0.25, -0.2) is 4.98 Å². The van der Waals surface area contributed by atoms with Crippen LogP contribution in [0.1, 0.15) is 30.3 Å². The molecule has 1 aromatic heterocycles. The molecular weight excluding hydrogens is 318 g/mol. The average Bonchev–Trinajstić information content (AvgIpc) is 3.39. The van der Waals surface area contributed by atoms with Crippen molar-refractivity contribution in [2.24, 2.45) is 0 Å². The number of anilines is 1. The number of hydrogen-bond donors (Lipinski definition) is 1. The summed E-state index contributed by atoms with van der Waals surface area (Å²) in [5, 5.41) is 23.3. The van der Waals surface area contributed by atoms with Crippen LogP contribution in [-0.4, -0.2) is 14.5 Å². The van der Waals surface area contributed by atoms with Crippen molar-refractivity contribution in [3.05, 3.63) is 64.0 Å². The molecule has 1 aliphatic carbocycles. The lowest BCUT2D eigenvalue weighted by Crippen LogP contribution is -2.09. The van der Waals surface area contributed by atoms with Gasteiger partial charge in [-0.15, -0.1) is 0 Å². The van der Waals surface area contributed by atoms with Gasteiger partial charge in [0.2, 0.25) is 0 Å². The summed E-state index contributed by atoms with van der Waals surface area (Å²) in [7, 11) is 0. The highest BCUT2D eigenvalue weighted by atomic mass is 16.6. The third-order valence-corrected chi connectivity index (χ3v) is 4.35. The van der Waals surface area contributed by atoms with E-state index in [-0.39, 0.29) is 11.3 Å². The summed E-state index contributed by atoms with van der Waals surface area (Å²) in [5.41, 5.74) is 2.81. The highest BCUT2D eigenvalue weighted by molar-refractivity contribution is 5.76. The van der Waals surface area contributed by atoms with Gasteiger partial charge in [0.1, 0.15) is 11.9 Å². The van der Waals surface area contributed by atoms with Gasteiger partial charge in [-0.3, -0.25) is 10.1 Å². The smallest absolute Gasteiger partial charge is 0.270 e. The SMILES string of the molecule is N#Cc1cc([N+](=O)[O-])ccc1NCc1nc2ccccc2n1C1CC1. The van der Waals surface area contributed by atoms with Gasteiger partial charge in [0.05, 0.1) is 33.8 Å². The zero-order valence-electron chi connectivity index (χ0n) is 13.3. The van der Waals surface area contributed by atoms with E-state index in [9.17, 15) is 15.4 Å². The van der Waals surface area contributed by atoms with Gasteiger partial charge >= 0.3 is 0 Å². The Morgan fingerprint density at radius 3 is 2.84 bits per heavy atom. The Hall–Kier alpha value is -3.40. The molecule has 4 rings (SSSR count). The molecular formula is C18H15N5O2. The number of benzene rings is 2. The number of nitrogens with zero attached hydrogens (tertiary/aromatic N) is 4. The monoisotopic (exact) mass is 333 g/mol. The third-order valence-electron chi connectivity index (χ3n) is 4.35. The molecule has 25 heavy (non-hydrogen) atoms. The summed E-state index contributed by atoms with van der Waals surface area (Å²) in [6.07, 6.45) is 2.29. The van der Waals surface area contributed by atoms with E-state index in [1.54, 1.807) is 6.07 Å². The topological polar surface area (TPSA) is 96.8 Å². The van der Waals surface area contributed by atoms with Crippen molar-refractivity contribution in [2.75, 3.05) is 5.32 Å². The Kier molecular flexibility index (Phi) is 3.58. The fourth-order valence-electron chi connectivity index (χ4n) is 3.03. The summed E-state index contributed by atoms with van der Waals surface area (Å²) < 4.78 is 2.25. The third kappa shape index (κ3) is 2.78. The molecule has 0 bridgehead atoms. The van der Waals surface area contributed by atoms with Crippen LogP contribution in [0, 0.1) is 21.4 Å². The molecule has 1 fully saturated rings. The molecule has 1 N–H and O–H groups in total. The highest BCUT2D eigenvalue weighted by Crippen LogP contribution is 2.38. The lowest BCUT2D eigenvalue weighted by molar-refractivity contribution is -0.384. The van der Waals surface area contributed by atoms with Crippen LogP contribution in [0.4, 0.5) is 11.4 Å². The summed E-state index contributed by atoms with van der Waals surface area (Å²) in [6, 6.07) is 14.8. The van der Waals surface area contributed by atoms with Crippen LogP contribution >= 0.6 is 0 Å². The van der Waals surface area contributed by atoms with E-state index in [4.69, 9.17) is 4.98 Å². The van der Waals surface area contributed by atoms with Gasteiger partial charge in [0.25, 0.3) is 5.69 Å². The highest BCUT2D eigenvalue weighted by Gasteiger charge is 2.28. The molecule has 0 saturated heterocycles. The second-order valence-electron chi connectivity index (χ2n) is 6.07. The number of aromatic nitrogens is 2. The summed E-state index contributed by atoms with van der Waals surface area (Å²) in [6.45, 7) is 0.456. The summed E-state index contributed by atoms with van der Waals surface area (Å²) >= 11 is 0. The number of nitro benzene ring substituents is 1. The van der Waals surface area contributed by atoms with Gasteiger partial charge in [0, 0.05) is 18.2 Å². The van der Waals surface area contributed by atoms with Gasteiger partial charge in [-0.05, 0) is 31.0 Å². The summed E-state index contributed by atoms with van der Waals surface area (Å²) in [5.74, 6) is 0.908. The second kappa shape index (κ2) is 5.91. The molecule has 1 saturated carbocycles. The molecule has 124 valence electrons. The van der Waals surface area contributed by atoms with Crippen molar-refractivity contribution < 1.29 is 4.92 Å². The first kappa shape index (κ1) is 15.1. The molecule has 0 aliphatic heterocycles. The quantitative estimate of drug-likeness (QED) is 0.566. The Bertz CT molecular complexity index is 1010. The molecule has 3 aromatic rings. The van der Waals surface area contributed by atoms with Gasteiger partial charge < -0.3 is 9.88 Å². The minimum atomic E-state index is -0.503. The number of fused-ring (bicyclic) bond motifs is 1. The minimum absolute atomic E-state index is 0.0904. The Morgan fingerprint density at radius 2 is 2.12 bits per heavy atom. The van der Waals surface area contributed by atoms with E-state index in [2.05, 4.69) is 16.0 Å². The Labute approximate surface area is 143 Å². The van der Waals surface area contributed by atoms with Crippen LogP contribution in [0.3, 0.4) is 0 Å². The average molecular weight is 333 g/mol. The maximum atomic E-state index is 10.8. The van der Waals surface area contributed by atoms with E-state index >= 15 is 0 Å². The molecule has 2 aromatic carbocycles. The number of rotatable bonds is 5. The van der Waals surface area contributed by atoms with Crippen LogP contribution in [0.15, 0.2) is 42.5 Å². The molecule has 0 unspecified atom stereocenters.